The van der Waals surface area contributed by atoms with Crippen LogP contribution in [0.15, 0.2) is 18.3 Å². The number of hydrogen-bond donors (Lipinski definition) is 2. The summed E-state index contributed by atoms with van der Waals surface area (Å²) in [6.45, 7) is 0.161. The van der Waals surface area contributed by atoms with E-state index in [4.69, 9.17) is 22.4 Å². The van der Waals surface area contributed by atoms with Gasteiger partial charge in [0.15, 0.2) is 5.69 Å². The number of aromatic carboxylic acids is 1. The van der Waals surface area contributed by atoms with Crippen LogP contribution in [0.1, 0.15) is 16.3 Å². The molecule has 0 bridgehead atoms. The third-order valence-corrected chi connectivity index (χ3v) is 2.38. The minimum Gasteiger partial charge on any atom is -0.476 e. The second-order valence-electron chi connectivity index (χ2n) is 2.96. The van der Waals surface area contributed by atoms with Crippen molar-refractivity contribution >= 4 is 23.1 Å². The van der Waals surface area contributed by atoms with E-state index in [0.29, 0.717) is 16.4 Å². The molecule has 0 saturated carbocycles. The maximum Gasteiger partial charge on any atom is 0.356 e. The number of carboxylic acids is 1. The van der Waals surface area contributed by atoms with Gasteiger partial charge >= 0.3 is 5.97 Å². The van der Waals surface area contributed by atoms with Crippen molar-refractivity contribution in [1.82, 2.24) is 9.38 Å². The molecule has 2 aromatic heterocycles. The maximum absolute atomic E-state index is 10.9. The van der Waals surface area contributed by atoms with Crippen LogP contribution in [-0.4, -0.2) is 20.5 Å². The molecule has 0 aromatic carbocycles. The molecule has 3 N–H and O–H groups in total. The van der Waals surface area contributed by atoms with Crippen molar-refractivity contribution < 1.29 is 9.90 Å². The van der Waals surface area contributed by atoms with E-state index in [1.165, 1.54) is 0 Å². The molecule has 0 unspecified atom stereocenters. The van der Waals surface area contributed by atoms with Crippen molar-refractivity contribution in [2.24, 2.45) is 5.73 Å². The molecule has 78 valence electrons. The van der Waals surface area contributed by atoms with Gasteiger partial charge in [0.25, 0.3) is 0 Å². The zero-order chi connectivity index (χ0) is 11.0. The molecule has 0 aliphatic carbocycles. The van der Waals surface area contributed by atoms with Gasteiger partial charge in [0.1, 0.15) is 5.82 Å². The highest BCUT2D eigenvalue weighted by molar-refractivity contribution is 6.34. The molecular formula is C9H8ClN3O2. The fraction of sp³-hybridized carbons (Fsp3) is 0.111. The lowest BCUT2D eigenvalue weighted by Crippen LogP contribution is -2.02. The van der Waals surface area contributed by atoms with E-state index in [1.54, 1.807) is 22.7 Å². The van der Waals surface area contributed by atoms with E-state index in [2.05, 4.69) is 4.98 Å². The maximum atomic E-state index is 10.9. The predicted molar refractivity (Wildman–Crippen MR) is 55.1 cm³/mol. The molecule has 0 amide bonds. The summed E-state index contributed by atoms with van der Waals surface area (Å²) in [6, 6.07) is 3.33. The molecule has 2 rings (SSSR count). The number of pyridine rings is 1. The lowest BCUT2D eigenvalue weighted by Gasteiger charge is -1.98. The first-order valence-corrected chi connectivity index (χ1v) is 4.61. The van der Waals surface area contributed by atoms with Crippen LogP contribution >= 0.6 is 11.6 Å². The van der Waals surface area contributed by atoms with Gasteiger partial charge in [0.05, 0.1) is 17.1 Å². The number of fused-ring (bicyclic) bond motifs is 1. The van der Waals surface area contributed by atoms with Gasteiger partial charge < -0.3 is 15.2 Å². The standard InChI is InChI=1S/C9H8ClN3O2/c10-5-2-1-3-13-6(4-11)12-7(8(5)13)9(14)15/h1-3H,4,11H2,(H,14,15). The zero-order valence-electron chi connectivity index (χ0n) is 7.64. The van der Waals surface area contributed by atoms with E-state index >= 15 is 0 Å². The molecule has 15 heavy (non-hydrogen) atoms. The van der Waals surface area contributed by atoms with Gasteiger partial charge in [-0.25, -0.2) is 9.78 Å². The second-order valence-corrected chi connectivity index (χ2v) is 3.37. The first-order valence-electron chi connectivity index (χ1n) is 4.24. The summed E-state index contributed by atoms with van der Waals surface area (Å²) in [5, 5.41) is 9.29. The van der Waals surface area contributed by atoms with Crippen LogP contribution in [0.2, 0.25) is 5.02 Å². The number of halogens is 1. The highest BCUT2D eigenvalue weighted by atomic mass is 35.5. The van der Waals surface area contributed by atoms with Crippen LogP contribution in [0, 0.1) is 0 Å². The smallest absolute Gasteiger partial charge is 0.356 e. The minimum atomic E-state index is -1.11. The molecule has 0 spiro atoms. The molecule has 2 aromatic rings. The van der Waals surface area contributed by atoms with Crippen LogP contribution in [-0.2, 0) is 6.54 Å². The van der Waals surface area contributed by atoms with E-state index in [-0.39, 0.29) is 12.2 Å². The molecule has 0 radical (unpaired) electrons. The number of aromatic nitrogens is 2. The predicted octanol–water partition coefficient (Wildman–Crippen LogP) is 1.14. The Balaban J connectivity index is 2.88. The lowest BCUT2D eigenvalue weighted by atomic mass is 10.3. The molecule has 6 heteroatoms. The van der Waals surface area contributed by atoms with Crippen molar-refractivity contribution in [2.45, 2.75) is 6.54 Å². The normalized spacial score (nSPS) is 10.8. The number of nitrogens with zero attached hydrogens (tertiary/aromatic N) is 2. The Bertz CT molecular complexity index is 535. The largest absolute Gasteiger partial charge is 0.476 e. The molecule has 0 aliphatic rings. The highest BCUT2D eigenvalue weighted by Crippen LogP contribution is 2.22. The van der Waals surface area contributed by atoms with Gasteiger partial charge in [-0.2, -0.15) is 0 Å². The summed E-state index contributed by atoms with van der Waals surface area (Å²) in [5.41, 5.74) is 5.77. The van der Waals surface area contributed by atoms with Crippen LogP contribution in [0.25, 0.3) is 5.52 Å². The Morgan fingerprint density at radius 2 is 2.40 bits per heavy atom. The molecule has 2 heterocycles. The summed E-state index contributed by atoms with van der Waals surface area (Å²) in [7, 11) is 0. The lowest BCUT2D eigenvalue weighted by molar-refractivity contribution is 0.0693. The first-order chi connectivity index (χ1) is 7.15. The minimum absolute atomic E-state index is 0.0685. The van der Waals surface area contributed by atoms with E-state index in [0.717, 1.165) is 0 Å². The molecule has 0 saturated heterocycles. The third kappa shape index (κ3) is 1.45. The SMILES string of the molecule is NCc1nc(C(=O)O)c2c(Cl)cccn12. The highest BCUT2D eigenvalue weighted by Gasteiger charge is 2.17. The van der Waals surface area contributed by atoms with Crippen molar-refractivity contribution in [3.05, 3.63) is 34.9 Å². The van der Waals surface area contributed by atoms with Crippen LogP contribution in [0.3, 0.4) is 0 Å². The summed E-state index contributed by atoms with van der Waals surface area (Å²) in [6.07, 6.45) is 1.68. The molecular weight excluding hydrogens is 218 g/mol. The average molecular weight is 226 g/mol. The van der Waals surface area contributed by atoms with Gasteiger partial charge in [-0.15, -0.1) is 0 Å². The topological polar surface area (TPSA) is 80.6 Å². The Kier molecular flexibility index (Phi) is 2.34. The van der Waals surface area contributed by atoms with Gasteiger partial charge in [0.2, 0.25) is 0 Å². The number of nitrogens with two attached hydrogens (primary N) is 1. The van der Waals surface area contributed by atoms with E-state index in [1.807, 2.05) is 0 Å². The van der Waals surface area contributed by atoms with Gasteiger partial charge in [-0.3, -0.25) is 0 Å². The monoisotopic (exact) mass is 225 g/mol. The second kappa shape index (κ2) is 3.52. The summed E-state index contributed by atoms with van der Waals surface area (Å²) < 4.78 is 1.59. The Labute approximate surface area is 90.1 Å². The number of carboxylic acid groups (broad SMARTS) is 1. The van der Waals surface area contributed by atoms with Crippen molar-refractivity contribution in [1.29, 1.82) is 0 Å². The summed E-state index contributed by atoms with van der Waals surface area (Å²) in [4.78, 5) is 14.8. The van der Waals surface area contributed by atoms with Crippen molar-refractivity contribution in [3.63, 3.8) is 0 Å². The average Bonchev–Trinajstić information content (AvgIpc) is 2.58. The quantitative estimate of drug-likeness (QED) is 0.803. The number of imidazole rings is 1. The van der Waals surface area contributed by atoms with Crippen molar-refractivity contribution in [2.75, 3.05) is 0 Å². The number of carbonyl (C=O) groups is 1. The zero-order valence-corrected chi connectivity index (χ0v) is 8.40. The number of rotatable bonds is 2. The van der Waals surface area contributed by atoms with E-state index in [9.17, 15) is 4.79 Å². The van der Waals surface area contributed by atoms with E-state index < -0.39 is 5.97 Å². The summed E-state index contributed by atoms with van der Waals surface area (Å²) in [5.74, 6) is -0.634. The molecule has 0 aliphatic heterocycles. The van der Waals surface area contributed by atoms with Crippen molar-refractivity contribution in [3.8, 4) is 0 Å². The summed E-state index contributed by atoms with van der Waals surface area (Å²) >= 11 is 5.91. The Morgan fingerprint density at radius 3 is 3.00 bits per heavy atom. The third-order valence-electron chi connectivity index (χ3n) is 2.07. The fourth-order valence-corrected chi connectivity index (χ4v) is 1.71. The Hall–Kier alpha value is -1.59. The fourth-order valence-electron chi connectivity index (χ4n) is 1.45. The van der Waals surface area contributed by atoms with Crippen LogP contribution in [0.5, 0.6) is 0 Å². The first kappa shape index (κ1) is 9.95. The molecule has 0 atom stereocenters. The number of hydrogen-bond acceptors (Lipinski definition) is 3. The van der Waals surface area contributed by atoms with Gasteiger partial charge in [-0.05, 0) is 12.1 Å². The van der Waals surface area contributed by atoms with Gasteiger partial charge in [-0.1, -0.05) is 11.6 Å². The van der Waals surface area contributed by atoms with Crippen LogP contribution in [0.4, 0.5) is 0 Å². The van der Waals surface area contributed by atoms with Gasteiger partial charge in [0, 0.05) is 6.20 Å². The molecule has 5 nitrogen and oxygen atoms in total. The Morgan fingerprint density at radius 1 is 1.67 bits per heavy atom. The molecule has 0 fully saturated rings. The van der Waals surface area contributed by atoms with Crippen LogP contribution < -0.4 is 5.73 Å².